The van der Waals surface area contributed by atoms with Gasteiger partial charge in [0.2, 0.25) is 5.91 Å². The zero-order valence-corrected chi connectivity index (χ0v) is 11.5. The predicted octanol–water partition coefficient (Wildman–Crippen LogP) is 1.70. The highest BCUT2D eigenvalue weighted by Gasteiger charge is 2.25. The molecule has 18 heavy (non-hydrogen) atoms. The van der Waals surface area contributed by atoms with E-state index in [0.717, 1.165) is 25.2 Å². The normalized spacial score (nSPS) is 21.1. The summed E-state index contributed by atoms with van der Waals surface area (Å²) in [5.74, 6) is 0.251. The molecule has 1 aromatic carbocycles. The van der Waals surface area contributed by atoms with Crippen molar-refractivity contribution in [3.05, 3.63) is 35.4 Å². The molecule has 1 saturated heterocycles. The number of rotatable bonds is 2. The van der Waals surface area contributed by atoms with Gasteiger partial charge >= 0.3 is 0 Å². The lowest BCUT2D eigenvalue weighted by molar-refractivity contribution is -0.134. The van der Waals surface area contributed by atoms with E-state index in [1.54, 1.807) is 0 Å². The summed E-state index contributed by atoms with van der Waals surface area (Å²) in [6, 6.07) is 8.53. The van der Waals surface area contributed by atoms with Crippen LogP contribution in [0, 0.1) is 6.92 Å². The molecule has 0 spiro atoms. The number of carbonyl (C=O) groups excluding carboxylic acids is 1. The van der Waals surface area contributed by atoms with E-state index in [1.165, 1.54) is 5.56 Å². The Morgan fingerprint density at radius 1 is 1.39 bits per heavy atom. The number of hydrogen-bond acceptors (Lipinski definition) is 2. The SMILES string of the molecule is Cc1cccc(CC(=O)N2CCN(C)CC2C)c1. The first-order valence-corrected chi connectivity index (χ1v) is 6.60. The van der Waals surface area contributed by atoms with Crippen LogP contribution >= 0.6 is 0 Å². The summed E-state index contributed by atoms with van der Waals surface area (Å²) in [5, 5.41) is 0. The Kier molecular flexibility index (Phi) is 4.02. The van der Waals surface area contributed by atoms with E-state index >= 15 is 0 Å². The van der Waals surface area contributed by atoms with Crippen molar-refractivity contribution in [3.8, 4) is 0 Å². The summed E-state index contributed by atoms with van der Waals surface area (Å²) < 4.78 is 0. The molecule has 3 heteroatoms. The maximum Gasteiger partial charge on any atom is 0.227 e. The maximum atomic E-state index is 12.3. The third-order valence-corrected chi connectivity index (χ3v) is 3.59. The largest absolute Gasteiger partial charge is 0.337 e. The quantitative estimate of drug-likeness (QED) is 0.793. The van der Waals surface area contributed by atoms with Crippen LogP contribution in [0.3, 0.4) is 0 Å². The molecule has 1 aromatic rings. The van der Waals surface area contributed by atoms with Crippen LogP contribution in [0.4, 0.5) is 0 Å². The van der Waals surface area contributed by atoms with E-state index in [-0.39, 0.29) is 5.91 Å². The van der Waals surface area contributed by atoms with Crippen LogP contribution in [0.1, 0.15) is 18.1 Å². The molecule has 1 unspecified atom stereocenters. The summed E-state index contributed by atoms with van der Waals surface area (Å²) >= 11 is 0. The van der Waals surface area contributed by atoms with Crippen molar-refractivity contribution in [1.29, 1.82) is 0 Å². The van der Waals surface area contributed by atoms with Gasteiger partial charge in [0, 0.05) is 25.7 Å². The molecular formula is C15H22N2O. The van der Waals surface area contributed by atoms with E-state index in [9.17, 15) is 4.79 Å². The van der Waals surface area contributed by atoms with Gasteiger partial charge in [-0.1, -0.05) is 29.8 Å². The fourth-order valence-electron chi connectivity index (χ4n) is 2.61. The number of carbonyl (C=O) groups is 1. The van der Waals surface area contributed by atoms with Crippen molar-refractivity contribution < 1.29 is 4.79 Å². The van der Waals surface area contributed by atoms with Gasteiger partial charge in [0.05, 0.1) is 6.42 Å². The Morgan fingerprint density at radius 3 is 2.83 bits per heavy atom. The lowest BCUT2D eigenvalue weighted by Crippen LogP contribution is -2.53. The zero-order chi connectivity index (χ0) is 13.1. The van der Waals surface area contributed by atoms with Crippen molar-refractivity contribution >= 4 is 5.91 Å². The Bertz CT molecular complexity index is 430. The number of piperazine rings is 1. The highest BCUT2D eigenvalue weighted by molar-refractivity contribution is 5.79. The molecule has 0 saturated carbocycles. The molecule has 1 heterocycles. The van der Waals surface area contributed by atoms with Crippen LogP contribution < -0.4 is 0 Å². The fraction of sp³-hybridized carbons (Fsp3) is 0.533. The topological polar surface area (TPSA) is 23.6 Å². The summed E-state index contributed by atoms with van der Waals surface area (Å²) in [5.41, 5.74) is 2.33. The molecule has 0 aromatic heterocycles. The first kappa shape index (κ1) is 13.1. The molecule has 2 rings (SSSR count). The van der Waals surface area contributed by atoms with Crippen LogP contribution in [-0.4, -0.2) is 48.4 Å². The van der Waals surface area contributed by atoms with Gasteiger partial charge in [-0.05, 0) is 26.5 Å². The van der Waals surface area contributed by atoms with Crippen LogP contribution in [0.15, 0.2) is 24.3 Å². The summed E-state index contributed by atoms with van der Waals surface area (Å²) in [4.78, 5) is 16.6. The number of likely N-dealkylation sites (N-methyl/N-ethyl adjacent to an activating group) is 1. The van der Waals surface area contributed by atoms with Crippen molar-refractivity contribution in [2.24, 2.45) is 0 Å². The van der Waals surface area contributed by atoms with E-state index < -0.39 is 0 Å². The lowest BCUT2D eigenvalue weighted by Gasteiger charge is -2.38. The summed E-state index contributed by atoms with van der Waals surface area (Å²) in [6.45, 7) is 6.99. The Balaban J connectivity index is 1.99. The van der Waals surface area contributed by atoms with Crippen molar-refractivity contribution in [3.63, 3.8) is 0 Å². The third-order valence-electron chi connectivity index (χ3n) is 3.59. The van der Waals surface area contributed by atoms with Gasteiger partial charge in [0.25, 0.3) is 0 Å². The molecule has 98 valence electrons. The molecule has 1 fully saturated rings. The molecule has 1 aliphatic rings. The third kappa shape index (κ3) is 3.10. The van der Waals surface area contributed by atoms with Gasteiger partial charge in [-0.3, -0.25) is 4.79 Å². The second-order valence-corrected chi connectivity index (χ2v) is 5.36. The highest BCUT2D eigenvalue weighted by atomic mass is 16.2. The molecule has 0 aliphatic carbocycles. The number of hydrogen-bond donors (Lipinski definition) is 0. The molecule has 1 atom stereocenters. The summed E-state index contributed by atoms with van der Waals surface area (Å²) in [6.07, 6.45) is 0.524. The van der Waals surface area contributed by atoms with Gasteiger partial charge in [0.15, 0.2) is 0 Å². The van der Waals surface area contributed by atoms with Crippen molar-refractivity contribution in [2.75, 3.05) is 26.7 Å². The maximum absolute atomic E-state index is 12.3. The van der Waals surface area contributed by atoms with Gasteiger partial charge in [-0.2, -0.15) is 0 Å². The van der Waals surface area contributed by atoms with Crippen LogP contribution in [-0.2, 0) is 11.2 Å². The molecule has 0 radical (unpaired) electrons. The summed E-state index contributed by atoms with van der Waals surface area (Å²) in [7, 11) is 2.11. The van der Waals surface area contributed by atoms with Crippen LogP contribution in [0.2, 0.25) is 0 Å². The van der Waals surface area contributed by atoms with E-state index in [1.807, 2.05) is 17.0 Å². The van der Waals surface area contributed by atoms with Gasteiger partial charge in [-0.15, -0.1) is 0 Å². The minimum Gasteiger partial charge on any atom is -0.337 e. The van der Waals surface area contributed by atoms with Gasteiger partial charge < -0.3 is 9.80 Å². The predicted molar refractivity (Wildman–Crippen MR) is 73.6 cm³/mol. The van der Waals surface area contributed by atoms with Crippen LogP contribution in [0.5, 0.6) is 0 Å². The average Bonchev–Trinajstić information content (AvgIpc) is 2.28. The minimum atomic E-state index is 0.251. The fourth-order valence-corrected chi connectivity index (χ4v) is 2.61. The van der Waals surface area contributed by atoms with Crippen molar-refractivity contribution in [2.45, 2.75) is 26.3 Å². The standard InChI is InChI=1S/C15H22N2O/c1-12-5-4-6-14(9-12)10-15(18)17-8-7-16(3)11-13(17)2/h4-6,9,13H,7-8,10-11H2,1-3H3. The zero-order valence-electron chi connectivity index (χ0n) is 11.5. The van der Waals surface area contributed by atoms with Crippen molar-refractivity contribution in [1.82, 2.24) is 9.80 Å². The first-order valence-electron chi connectivity index (χ1n) is 6.60. The lowest BCUT2D eigenvalue weighted by atomic mass is 10.1. The molecule has 3 nitrogen and oxygen atoms in total. The molecule has 0 N–H and O–H groups in total. The highest BCUT2D eigenvalue weighted by Crippen LogP contribution is 2.12. The first-order chi connectivity index (χ1) is 8.56. The smallest absolute Gasteiger partial charge is 0.227 e. The second kappa shape index (κ2) is 5.53. The monoisotopic (exact) mass is 246 g/mol. The Morgan fingerprint density at radius 2 is 2.17 bits per heavy atom. The molecule has 1 amide bonds. The second-order valence-electron chi connectivity index (χ2n) is 5.36. The number of nitrogens with zero attached hydrogens (tertiary/aromatic N) is 2. The molecule has 0 bridgehead atoms. The average molecular weight is 246 g/mol. The number of benzene rings is 1. The minimum absolute atomic E-state index is 0.251. The molecule has 1 aliphatic heterocycles. The van der Waals surface area contributed by atoms with Gasteiger partial charge in [0.1, 0.15) is 0 Å². The van der Waals surface area contributed by atoms with E-state index in [0.29, 0.717) is 12.5 Å². The Hall–Kier alpha value is -1.35. The molecular weight excluding hydrogens is 224 g/mol. The van der Waals surface area contributed by atoms with Gasteiger partial charge in [-0.25, -0.2) is 0 Å². The van der Waals surface area contributed by atoms with E-state index in [2.05, 4.69) is 37.9 Å². The number of aryl methyl sites for hydroxylation is 1. The Labute approximate surface area is 109 Å². The van der Waals surface area contributed by atoms with E-state index in [4.69, 9.17) is 0 Å². The van der Waals surface area contributed by atoms with Crippen LogP contribution in [0.25, 0.3) is 0 Å². The number of amides is 1.